The number of nitrogens with zero attached hydrogens (tertiary/aromatic N) is 1. The summed E-state index contributed by atoms with van der Waals surface area (Å²) in [5, 5.41) is 8.76. The van der Waals surface area contributed by atoms with Crippen LogP contribution in [0.25, 0.3) is 0 Å². The molecule has 0 aliphatic carbocycles. The van der Waals surface area contributed by atoms with Gasteiger partial charge in [0, 0.05) is 29.8 Å². The fraction of sp³-hybridized carbons (Fsp3) is 0.571. The molecule has 0 aromatic heterocycles. The minimum Gasteiger partial charge on any atom is -0.394 e. The molecule has 106 valence electrons. The molecule has 1 saturated heterocycles. The SMILES string of the molecule is NCc1cc(Br)cc(N2CCC(OCCO)CC2)c1. The number of anilines is 1. The summed E-state index contributed by atoms with van der Waals surface area (Å²) in [6.45, 7) is 3.07. The molecule has 0 spiro atoms. The molecule has 1 fully saturated rings. The van der Waals surface area contributed by atoms with Gasteiger partial charge in [-0.05, 0) is 36.6 Å². The summed E-state index contributed by atoms with van der Waals surface area (Å²) < 4.78 is 6.65. The quantitative estimate of drug-likeness (QED) is 0.866. The first-order valence-corrected chi connectivity index (χ1v) is 7.49. The molecule has 2 rings (SSSR count). The average molecular weight is 329 g/mol. The average Bonchev–Trinajstić information content (AvgIpc) is 2.45. The number of nitrogens with two attached hydrogens (primary N) is 1. The monoisotopic (exact) mass is 328 g/mol. The van der Waals surface area contributed by atoms with E-state index in [0.717, 1.165) is 36.0 Å². The molecule has 1 heterocycles. The maximum Gasteiger partial charge on any atom is 0.0701 e. The van der Waals surface area contributed by atoms with E-state index < -0.39 is 0 Å². The number of halogens is 1. The van der Waals surface area contributed by atoms with Crippen molar-refractivity contribution in [1.82, 2.24) is 0 Å². The van der Waals surface area contributed by atoms with Crippen LogP contribution in [0.1, 0.15) is 18.4 Å². The standard InChI is InChI=1S/C14H21BrN2O2/c15-12-7-11(10-16)8-13(9-12)17-3-1-14(2-4-17)19-6-5-18/h7-9,14,18H,1-6,10,16H2. The van der Waals surface area contributed by atoms with Crippen LogP contribution >= 0.6 is 15.9 Å². The first-order chi connectivity index (χ1) is 9.22. The first kappa shape index (κ1) is 14.8. The molecule has 4 nitrogen and oxygen atoms in total. The predicted molar refractivity (Wildman–Crippen MR) is 80.3 cm³/mol. The molecule has 5 heteroatoms. The second kappa shape index (κ2) is 7.24. The van der Waals surface area contributed by atoms with Crippen molar-refractivity contribution >= 4 is 21.6 Å². The summed E-state index contributed by atoms with van der Waals surface area (Å²) >= 11 is 3.53. The lowest BCUT2D eigenvalue weighted by molar-refractivity contribution is 0.0159. The van der Waals surface area contributed by atoms with Crippen molar-refractivity contribution in [3.05, 3.63) is 28.2 Å². The second-order valence-electron chi connectivity index (χ2n) is 4.80. The van der Waals surface area contributed by atoms with Crippen molar-refractivity contribution in [1.29, 1.82) is 0 Å². The van der Waals surface area contributed by atoms with Gasteiger partial charge < -0.3 is 20.5 Å². The molecule has 0 saturated carbocycles. The number of aliphatic hydroxyl groups is 1. The van der Waals surface area contributed by atoms with Crippen molar-refractivity contribution in [2.75, 3.05) is 31.2 Å². The number of benzene rings is 1. The van der Waals surface area contributed by atoms with Crippen LogP contribution in [0.4, 0.5) is 5.69 Å². The van der Waals surface area contributed by atoms with Crippen LogP contribution in [0.2, 0.25) is 0 Å². The number of hydrogen-bond donors (Lipinski definition) is 2. The Morgan fingerprint density at radius 3 is 2.68 bits per heavy atom. The highest BCUT2D eigenvalue weighted by Crippen LogP contribution is 2.26. The van der Waals surface area contributed by atoms with E-state index in [9.17, 15) is 0 Å². The normalized spacial score (nSPS) is 16.9. The molecule has 0 amide bonds. The van der Waals surface area contributed by atoms with E-state index in [2.05, 4.69) is 39.0 Å². The van der Waals surface area contributed by atoms with Gasteiger partial charge in [-0.25, -0.2) is 0 Å². The van der Waals surface area contributed by atoms with E-state index in [4.69, 9.17) is 15.6 Å². The lowest BCUT2D eigenvalue weighted by atomic mass is 10.1. The van der Waals surface area contributed by atoms with Crippen molar-refractivity contribution in [3.63, 3.8) is 0 Å². The highest BCUT2D eigenvalue weighted by molar-refractivity contribution is 9.10. The highest BCUT2D eigenvalue weighted by Gasteiger charge is 2.20. The third kappa shape index (κ3) is 4.18. The molecule has 3 N–H and O–H groups in total. The zero-order valence-corrected chi connectivity index (χ0v) is 12.6. The van der Waals surface area contributed by atoms with Gasteiger partial charge in [0.2, 0.25) is 0 Å². The fourth-order valence-corrected chi connectivity index (χ4v) is 2.96. The van der Waals surface area contributed by atoms with Gasteiger partial charge in [0.25, 0.3) is 0 Å². The van der Waals surface area contributed by atoms with Gasteiger partial charge in [-0.3, -0.25) is 0 Å². The molecule has 1 aromatic rings. The number of piperidine rings is 1. The molecule has 1 aliphatic rings. The zero-order valence-electron chi connectivity index (χ0n) is 11.0. The van der Waals surface area contributed by atoms with Crippen LogP contribution in [0.15, 0.2) is 22.7 Å². The van der Waals surface area contributed by atoms with Crippen molar-refractivity contribution in [2.45, 2.75) is 25.5 Å². The van der Waals surface area contributed by atoms with Crippen LogP contribution in [0.5, 0.6) is 0 Å². The van der Waals surface area contributed by atoms with Gasteiger partial charge in [-0.15, -0.1) is 0 Å². The van der Waals surface area contributed by atoms with Crippen molar-refractivity contribution in [2.24, 2.45) is 5.73 Å². The summed E-state index contributed by atoms with van der Waals surface area (Å²) in [7, 11) is 0. The minimum absolute atomic E-state index is 0.103. The predicted octanol–water partition coefficient (Wildman–Crippen LogP) is 1.89. The minimum atomic E-state index is 0.103. The Morgan fingerprint density at radius 1 is 1.32 bits per heavy atom. The molecular formula is C14H21BrN2O2. The summed E-state index contributed by atoms with van der Waals surface area (Å²) in [6, 6.07) is 6.34. The van der Waals surface area contributed by atoms with Crippen LogP contribution in [-0.4, -0.2) is 37.5 Å². The Hall–Kier alpha value is -0.620. The van der Waals surface area contributed by atoms with Crippen LogP contribution < -0.4 is 10.6 Å². The van der Waals surface area contributed by atoms with Gasteiger partial charge in [0.05, 0.1) is 19.3 Å². The highest BCUT2D eigenvalue weighted by atomic mass is 79.9. The van der Waals surface area contributed by atoms with E-state index in [-0.39, 0.29) is 12.7 Å². The maximum atomic E-state index is 8.76. The summed E-state index contributed by atoms with van der Waals surface area (Å²) in [5.74, 6) is 0. The number of rotatable bonds is 5. The van der Waals surface area contributed by atoms with Crippen LogP contribution in [0, 0.1) is 0 Å². The topological polar surface area (TPSA) is 58.7 Å². The van der Waals surface area contributed by atoms with Gasteiger partial charge in [0.1, 0.15) is 0 Å². The van der Waals surface area contributed by atoms with E-state index >= 15 is 0 Å². The lowest BCUT2D eigenvalue weighted by Gasteiger charge is -2.33. The Balaban J connectivity index is 1.95. The number of hydrogen-bond acceptors (Lipinski definition) is 4. The number of ether oxygens (including phenoxy) is 1. The Labute approximate surface area is 122 Å². The van der Waals surface area contributed by atoms with Crippen molar-refractivity contribution in [3.8, 4) is 0 Å². The van der Waals surface area contributed by atoms with Crippen LogP contribution in [0.3, 0.4) is 0 Å². The van der Waals surface area contributed by atoms with Gasteiger partial charge in [-0.2, -0.15) is 0 Å². The zero-order chi connectivity index (χ0) is 13.7. The van der Waals surface area contributed by atoms with Gasteiger partial charge >= 0.3 is 0 Å². The smallest absolute Gasteiger partial charge is 0.0701 e. The number of aliphatic hydroxyl groups excluding tert-OH is 1. The largest absolute Gasteiger partial charge is 0.394 e. The van der Waals surface area contributed by atoms with Gasteiger partial charge in [0.15, 0.2) is 0 Å². The molecule has 0 bridgehead atoms. The molecule has 1 aliphatic heterocycles. The summed E-state index contributed by atoms with van der Waals surface area (Å²) in [5.41, 5.74) is 8.07. The van der Waals surface area contributed by atoms with E-state index in [0.29, 0.717) is 13.2 Å². The Morgan fingerprint density at radius 2 is 2.05 bits per heavy atom. The van der Waals surface area contributed by atoms with Crippen LogP contribution in [-0.2, 0) is 11.3 Å². The Bertz CT molecular complexity index is 406. The second-order valence-corrected chi connectivity index (χ2v) is 5.72. The van der Waals surface area contributed by atoms with E-state index in [1.165, 1.54) is 5.69 Å². The Kier molecular flexibility index (Phi) is 5.63. The molecule has 0 atom stereocenters. The summed E-state index contributed by atoms with van der Waals surface area (Å²) in [4.78, 5) is 2.36. The third-order valence-corrected chi connectivity index (χ3v) is 3.89. The first-order valence-electron chi connectivity index (χ1n) is 6.70. The summed E-state index contributed by atoms with van der Waals surface area (Å²) in [6.07, 6.45) is 2.29. The molecule has 19 heavy (non-hydrogen) atoms. The molecule has 0 unspecified atom stereocenters. The maximum absolute atomic E-state index is 8.76. The molecule has 0 radical (unpaired) electrons. The molecule has 1 aromatic carbocycles. The molecular weight excluding hydrogens is 308 g/mol. The van der Waals surface area contributed by atoms with Gasteiger partial charge in [-0.1, -0.05) is 15.9 Å². The van der Waals surface area contributed by atoms with Crippen molar-refractivity contribution < 1.29 is 9.84 Å². The van der Waals surface area contributed by atoms with E-state index in [1.54, 1.807) is 0 Å². The fourth-order valence-electron chi connectivity index (χ4n) is 2.43. The van der Waals surface area contributed by atoms with E-state index in [1.807, 2.05) is 0 Å². The lowest BCUT2D eigenvalue weighted by Crippen LogP contribution is -2.37. The third-order valence-electron chi connectivity index (χ3n) is 3.43.